The van der Waals surface area contributed by atoms with Crippen LogP contribution in [-0.4, -0.2) is 76.2 Å². The van der Waals surface area contributed by atoms with E-state index in [1.54, 1.807) is 6.08 Å². The summed E-state index contributed by atoms with van der Waals surface area (Å²) in [5.74, 6) is 0.180. The van der Waals surface area contributed by atoms with E-state index in [9.17, 15) is 20.1 Å². The number of aliphatic hydroxyl groups excluding tert-OH is 2. The van der Waals surface area contributed by atoms with Gasteiger partial charge in [-0.2, -0.15) is 0 Å². The predicted molar refractivity (Wildman–Crippen MR) is 126 cm³/mol. The van der Waals surface area contributed by atoms with Crippen molar-refractivity contribution in [1.82, 2.24) is 4.90 Å². The molecule has 0 amide bonds. The molecule has 6 nitrogen and oxygen atoms in total. The summed E-state index contributed by atoms with van der Waals surface area (Å²) in [4.78, 5) is 15.7. The van der Waals surface area contributed by atoms with Crippen molar-refractivity contribution in [3.63, 3.8) is 0 Å². The van der Waals surface area contributed by atoms with Gasteiger partial charge in [-0.3, -0.25) is 4.79 Å². The molecule has 4 aliphatic carbocycles. The first-order valence-electron chi connectivity index (χ1n) is 13.2. The molecule has 3 unspecified atom stereocenters. The lowest BCUT2D eigenvalue weighted by Gasteiger charge is -2.60. The van der Waals surface area contributed by atoms with Crippen LogP contribution in [-0.2, 0) is 9.53 Å². The van der Waals surface area contributed by atoms with Crippen LogP contribution in [0.25, 0.3) is 0 Å². The average Bonchev–Trinajstić information content (AvgIpc) is 3.35. The Hall–Kier alpha value is -0.790. The molecule has 0 radical (unpaired) electrons. The fourth-order valence-electron chi connectivity index (χ4n) is 8.77. The van der Waals surface area contributed by atoms with E-state index in [1.165, 1.54) is 0 Å². The molecule has 1 saturated heterocycles. The lowest BCUT2D eigenvalue weighted by molar-refractivity contribution is -0.153. The Kier molecular flexibility index (Phi) is 5.89. The number of nitrogens with zero attached hydrogens (tertiary/aromatic N) is 1. The molecule has 0 bridgehead atoms. The minimum atomic E-state index is -0.982. The molecule has 0 aromatic carbocycles. The average molecular weight is 462 g/mol. The van der Waals surface area contributed by atoms with Gasteiger partial charge >= 0.3 is 0 Å². The van der Waals surface area contributed by atoms with Crippen molar-refractivity contribution < 1.29 is 24.9 Å². The molecule has 0 aromatic heterocycles. The van der Waals surface area contributed by atoms with Gasteiger partial charge in [0.05, 0.1) is 23.9 Å². The molecule has 3 N–H and O–H groups in total. The van der Waals surface area contributed by atoms with Crippen LogP contribution in [0, 0.1) is 28.6 Å². The maximum Gasteiger partial charge on any atom is 0.159 e. The Balaban J connectivity index is 1.43. The lowest BCUT2D eigenvalue weighted by atomic mass is 9.46. The molecule has 0 aromatic rings. The van der Waals surface area contributed by atoms with Crippen LogP contribution in [0.4, 0.5) is 0 Å². The number of hydrogen-bond donors (Lipinski definition) is 3. The number of carbonyl (C=O) groups is 1. The minimum absolute atomic E-state index is 0.0272. The highest BCUT2D eigenvalue weighted by Gasteiger charge is 2.67. The molecule has 1 aliphatic heterocycles. The maximum absolute atomic E-state index is 13.3. The van der Waals surface area contributed by atoms with E-state index in [4.69, 9.17) is 4.74 Å². The van der Waals surface area contributed by atoms with Gasteiger partial charge in [-0.15, -0.1) is 0 Å². The van der Waals surface area contributed by atoms with Crippen molar-refractivity contribution in [3.8, 4) is 0 Å². The molecule has 10 atom stereocenters. The second kappa shape index (κ2) is 8.12. The smallest absolute Gasteiger partial charge is 0.159 e. The SMILES string of the molecule is CC([C@H]1CC[C@@]2(O)C3=CC(=O)[C@@H]4C[C@@H](O)[C@@H](O)C[C@]4(C)C3CC[C@]12C)N(C)CC1CCCO1. The largest absolute Gasteiger partial charge is 0.390 e. The summed E-state index contributed by atoms with van der Waals surface area (Å²) in [7, 11) is 2.18. The number of fused-ring (bicyclic) bond motifs is 5. The third-order valence-electron chi connectivity index (χ3n) is 11.0. The highest BCUT2D eigenvalue weighted by atomic mass is 16.5. The van der Waals surface area contributed by atoms with Crippen molar-refractivity contribution in [2.24, 2.45) is 28.6 Å². The Morgan fingerprint density at radius 2 is 1.91 bits per heavy atom. The summed E-state index contributed by atoms with van der Waals surface area (Å²) in [6, 6.07) is 0.319. The van der Waals surface area contributed by atoms with E-state index >= 15 is 0 Å². The molecular weight excluding hydrogens is 418 g/mol. The number of carbonyl (C=O) groups excluding carboxylic acids is 1. The van der Waals surface area contributed by atoms with Gasteiger partial charge in [0, 0.05) is 30.5 Å². The van der Waals surface area contributed by atoms with Gasteiger partial charge in [0.15, 0.2) is 5.78 Å². The molecule has 5 aliphatic rings. The zero-order valence-electron chi connectivity index (χ0n) is 20.8. The number of likely N-dealkylation sites (N-methyl/N-ethyl adjacent to an activating group) is 1. The van der Waals surface area contributed by atoms with Crippen LogP contribution in [0.15, 0.2) is 11.6 Å². The van der Waals surface area contributed by atoms with Crippen LogP contribution >= 0.6 is 0 Å². The van der Waals surface area contributed by atoms with Crippen LogP contribution in [0.5, 0.6) is 0 Å². The number of rotatable bonds is 4. The summed E-state index contributed by atoms with van der Waals surface area (Å²) in [6.45, 7) is 8.44. The normalized spacial score (nSPS) is 50.5. The molecular formula is C27H43NO5. The van der Waals surface area contributed by atoms with Crippen molar-refractivity contribution in [1.29, 1.82) is 0 Å². The standard InChI is InChI=1S/C27H43NO5/c1-16(28(4)15-17-6-5-11-33-17)18-8-10-27(32)20-12-22(29)21-13-23(30)24(31)14-25(21,2)19(20)7-9-26(18,27)3/h12,16-19,21,23-24,30-32H,5-11,13-15H2,1-4H3/t16?,17?,18-,19?,21+,23-,24+,25-,26-,27-/m1/s1. The summed E-state index contributed by atoms with van der Waals surface area (Å²) in [6.07, 6.45) is 6.91. The zero-order chi connectivity index (χ0) is 23.8. The molecule has 3 saturated carbocycles. The fourth-order valence-corrected chi connectivity index (χ4v) is 8.77. The lowest BCUT2D eigenvalue weighted by Crippen LogP contribution is -2.61. The predicted octanol–water partition coefficient (Wildman–Crippen LogP) is 2.69. The third-order valence-corrected chi connectivity index (χ3v) is 11.0. The van der Waals surface area contributed by atoms with Gasteiger partial charge in [-0.05, 0) is 94.2 Å². The number of ketones is 1. The number of ether oxygens (including phenoxy) is 1. The molecule has 0 spiro atoms. The number of hydrogen-bond acceptors (Lipinski definition) is 6. The van der Waals surface area contributed by atoms with Crippen LogP contribution in [0.1, 0.15) is 72.1 Å². The first-order chi connectivity index (χ1) is 15.5. The summed E-state index contributed by atoms with van der Waals surface area (Å²) in [5.41, 5.74) is -0.753. The first kappa shape index (κ1) is 23.9. The maximum atomic E-state index is 13.3. The third kappa shape index (κ3) is 3.42. The van der Waals surface area contributed by atoms with Crippen molar-refractivity contribution in [3.05, 3.63) is 11.6 Å². The quantitative estimate of drug-likeness (QED) is 0.596. The van der Waals surface area contributed by atoms with E-state index in [1.807, 2.05) is 0 Å². The highest BCUT2D eigenvalue weighted by Crippen LogP contribution is 2.67. The van der Waals surface area contributed by atoms with E-state index in [0.717, 1.165) is 50.8 Å². The molecule has 4 fully saturated rings. The van der Waals surface area contributed by atoms with Crippen molar-refractivity contribution in [2.45, 2.75) is 102 Å². The van der Waals surface area contributed by atoms with Gasteiger partial charge in [0.2, 0.25) is 0 Å². The Labute approximate surface area is 198 Å². The Morgan fingerprint density at radius 3 is 2.61 bits per heavy atom. The van der Waals surface area contributed by atoms with Crippen molar-refractivity contribution >= 4 is 5.78 Å². The fraction of sp³-hybridized carbons (Fsp3) is 0.889. The van der Waals surface area contributed by atoms with Gasteiger partial charge in [-0.1, -0.05) is 13.8 Å². The van der Waals surface area contributed by atoms with Gasteiger partial charge < -0.3 is 25.0 Å². The van der Waals surface area contributed by atoms with E-state index in [2.05, 4.69) is 32.7 Å². The summed E-state index contributed by atoms with van der Waals surface area (Å²) in [5, 5.41) is 33.1. The topological polar surface area (TPSA) is 90.2 Å². The number of aliphatic hydroxyl groups is 3. The van der Waals surface area contributed by atoms with Gasteiger partial charge in [0.25, 0.3) is 0 Å². The summed E-state index contributed by atoms with van der Waals surface area (Å²) >= 11 is 0. The molecule has 5 rings (SSSR count). The second-order valence-electron chi connectivity index (χ2n) is 12.5. The number of allylic oxidation sites excluding steroid dienone is 1. The Bertz CT molecular complexity index is 823. The van der Waals surface area contributed by atoms with Crippen LogP contribution < -0.4 is 0 Å². The van der Waals surface area contributed by atoms with Crippen molar-refractivity contribution in [2.75, 3.05) is 20.2 Å². The second-order valence-corrected chi connectivity index (χ2v) is 12.5. The van der Waals surface area contributed by atoms with Gasteiger partial charge in [0.1, 0.15) is 0 Å². The monoisotopic (exact) mass is 461 g/mol. The Morgan fingerprint density at radius 1 is 1.15 bits per heavy atom. The van der Waals surface area contributed by atoms with Gasteiger partial charge in [-0.25, -0.2) is 0 Å². The van der Waals surface area contributed by atoms with E-state index in [-0.39, 0.29) is 23.0 Å². The minimum Gasteiger partial charge on any atom is -0.390 e. The molecule has 186 valence electrons. The van der Waals surface area contributed by atoms with Crippen LogP contribution in [0.3, 0.4) is 0 Å². The molecule has 6 heteroatoms. The van der Waals surface area contributed by atoms with E-state index in [0.29, 0.717) is 37.3 Å². The summed E-state index contributed by atoms with van der Waals surface area (Å²) < 4.78 is 5.87. The van der Waals surface area contributed by atoms with E-state index < -0.39 is 23.2 Å². The first-order valence-corrected chi connectivity index (χ1v) is 13.2. The van der Waals surface area contributed by atoms with Crippen LogP contribution in [0.2, 0.25) is 0 Å². The highest BCUT2D eigenvalue weighted by molar-refractivity contribution is 5.95. The zero-order valence-corrected chi connectivity index (χ0v) is 20.8. The molecule has 33 heavy (non-hydrogen) atoms. The molecule has 1 heterocycles.